The van der Waals surface area contributed by atoms with Gasteiger partial charge in [-0.3, -0.25) is 4.90 Å². The van der Waals surface area contributed by atoms with Gasteiger partial charge in [0.15, 0.2) is 0 Å². The van der Waals surface area contributed by atoms with E-state index in [0.717, 1.165) is 55.7 Å². The normalized spacial score (nSPS) is 16.5. The van der Waals surface area contributed by atoms with Crippen LogP contribution >= 0.6 is 11.6 Å². The van der Waals surface area contributed by atoms with Crippen molar-refractivity contribution in [3.8, 4) is 5.75 Å². The highest BCUT2D eigenvalue weighted by atomic mass is 35.5. The van der Waals surface area contributed by atoms with Gasteiger partial charge in [0.2, 0.25) is 0 Å². The Labute approximate surface area is 119 Å². The van der Waals surface area contributed by atoms with Crippen molar-refractivity contribution in [1.29, 1.82) is 0 Å². The molecule has 0 radical (unpaired) electrons. The zero-order valence-electron chi connectivity index (χ0n) is 11.3. The average molecular weight is 285 g/mol. The van der Waals surface area contributed by atoms with E-state index in [1.165, 1.54) is 0 Å². The lowest BCUT2D eigenvalue weighted by Gasteiger charge is -2.26. The predicted molar refractivity (Wildman–Crippen MR) is 77.0 cm³/mol. The van der Waals surface area contributed by atoms with Crippen LogP contribution in [0.5, 0.6) is 5.75 Å². The number of nitrogens with zero attached hydrogens (tertiary/aromatic N) is 1. The van der Waals surface area contributed by atoms with Gasteiger partial charge < -0.3 is 14.8 Å². The van der Waals surface area contributed by atoms with Crippen LogP contribution in [0.25, 0.3) is 0 Å². The van der Waals surface area contributed by atoms with Crippen molar-refractivity contribution in [2.45, 2.75) is 6.54 Å². The molecule has 2 rings (SSSR count). The number of nitrogens with one attached hydrogen (secondary N) is 1. The first-order valence-electron chi connectivity index (χ1n) is 6.65. The van der Waals surface area contributed by atoms with Crippen LogP contribution in [0.15, 0.2) is 18.2 Å². The van der Waals surface area contributed by atoms with E-state index >= 15 is 0 Å². The van der Waals surface area contributed by atoms with Crippen molar-refractivity contribution in [3.05, 3.63) is 28.8 Å². The summed E-state index contributed by atoms with van der Waals surface area (Å²) >= 11 is 6.00. The molecule has 1 saturated heterocycles. The van der Waals surface area contributed by atoms with Crippen molar-refractivity contribution >= 4 is 11.6 Å². The fourth-order valence-corrected chi connectivity index (χ4v) is 2.32. The van der Waals surface area contributed by atoms with Gasteiger partial charge in [-0.2, -0.15) is 0 Å². The molecule has 5 heteroatoms. The Morgan fingerprint density at radius 1 is 1.37 bits per heavy atom. The highest BCUT2D eigenvalue weighted by Crippen LogP contribution is 2.22. The summed E-state index contributed by atoms with van der Waals surface area (Å²) in [4.78, 5) is 2.36. The Morgan fingerprint density at radius 2 is 2.16 bits per heavy atom. The standard InChI is InChI=1S/C14H21ClN2O2/c1-16-11-12-10-13(15)2-3-14(12)19-9-6-17-4-7-18-8-5-17/h2-3,10,16H,4-9,11H2,1H3. The Hall–Kier alpha value is -0.810. The van der Waals surface area contributed by atoms with E-state index in [-0.39, 0.29) is 0 Å². The van der Waals surface area contributed by atoms with Crippen LogP contribution in [0.1, 0.15) is 5.56 Å². The van der Waals surface area contributed by atoms with Crippen LogP contribution in [-0.4, -0.2) is 51.4 Å². The third-order valence-corrected chi connectivity index (χ3v) is 3.39. The molecular weight excluding hydrogens is 264 g/mol. The lowest BCUT2D eigenvalue weighted by atomic mass is 10.2. The molecule has 1 aromatic rings. The van der Waals surface area contributed by atoms with Gasteiger partial charge in [-0.15, -0.1) is 0 Å². The maximum Gasteiger partial charge on any atom is 0.123 e. The maximum atomic E-state index is 6.00. The van der Waals surface area contributed by atoms with Gasteiger partial charge >= 0.3 is 0 Å². The second-order valence-electron chi connectivity index (χ2n) is 4.58. The topological polar surface area (TPSA) is 33.7 Å². The van der Waals surface area contributed by atoms with E-state index in [4.69, 9.17) is 21.1 Å². The molecule has 0 aromatic heterocycles. The molecule has 19 heavy (non-hydrogen) atoms. The van der Waals surface area contributed by atoms with Gasteiger partial charge in [0.25, 0.3) is 0 Å². The average Bonchev–Trinajstić information content (AvgIpc) is 2.43. The highest BCUT2D eigenvalue weighted by molar-refractivity contribution is 6.30. The van der Waals surface area contributed by atoms with E-state index < -0.39 is 0 Å². The van der Waals surface area contributed by atoms with Crippen LogP contribution < -0.4 is 10.1 Å². The summed E-state index contributed by atoms with van der Waals surface area (Å²) in [7, 11) is 1.92. The molecule has 1 aliphatic rings. The third-order valence-electron chi connectivity index (χ3n) is 3.16. The number of hydrogen-bond acceptors (Lipinski definition) is 4. The Morgan fingerprint density at radius 3 is 2.89 bits per heavy atom. The Balaban J connectivity index is 1.84. The second-order valence-corrected chi connectivity index (χ2v) is 5.02. The monoisotopic (exact) mass is 284 g/mol. The minimum Gasteiger partial charge on any atom is -0.492 e. The van der Waals surface area contributed by atoms with Crippen molar-refractivity contribution in [2.75, 3.05) is 46.5 Å². The number of ether oxygens (including phenoxy) is 2. The molecule has 0 spiro atoms. The zero-order chi connectivity index (χ0) is 13.5. The summed E-state index contributed by atoms with van der Waals surface area (Å²) in [5, 5.41) is 3.87. The van der Waals surface area contributed by atoms with E-state index in [1.54, 1.807) is 0 Å². The SMILES string of the molecule is CNCc1cc(Cl)ccc1OCCN1CCOCC1. The molecule has 1 fully saturated rings. The van der Waals surface area contributed by atoms with E-state index in [0.29, 0.717) is 6.61 Å². The van der Waals surface area contributed by atoms with Gasteiger partial charge in [-0.25, -0.2) is 0 Å². The van der Waals surface area contributed by atoms with Gasteiger partial charge in [0.05, 0.1) is 13.2 Å². The molecule has 4 nitrogen and oxygen atoms in total. The van der Waals surface area contributed by atoms with E-state index in [1.807, 2.05) is 25.2 Å². The number of morpholine rings is 1. The fourth-order valence-electron chi connectivity index (χ4n) is 2.13. The molecule has 0 unspecified atom stereocenters. The lowest BCUT2D eigenvalue weighted by molar-refractivity contribution is 0.0322. The predicted octanol–water partition coefficient (Wildman–Crippen LogP) is 1.77. The number of hydrogen-bond donors (Lipinski definition) is 1. The summed E-state index contributed by atoms with van der Waals surface area (Å²) in [5.41, 5.74) is 1.09. The molecule has 0 bridgehead atoms. The molecule has 1 aliphatic heterocycles. The summed E-state index contributed by atoms with van der Waals surface area (Å²) in [6, 6.07) is 5.75. The third kappa shape index (κ3) is 4.66. The Kier molecular flexibility index (Phi) is 5.92. The minimum atomic E-state index is 0.693. The zero-order valence-corrected chi connectivity index (χ0v) is 12.1. The first-order chi connectivity index (χ1) is 9.29. The van der Waals surface area contributed by atoms with Crippen LogP contribution in [0.2, 0.25) is 5.02 Å². The molecule has 0 aliphatic carbocycles. The summed E-state index contributed by atoms with van der Waals surface area (Å²) in [5.74, 6) is 0.909. The maximum absolute atomic E-state index is 6.00. The van der Waals surface area contributed by atoms with Crippen LogP contribution in [0.3, 0.4) is 0 Å². The molecule has 1 aromatic carbocycles. The van der Waals surface area contributed by atoms with Crippen LogP contribution in [0, 0.1) is 0 Å². The van der Waals surface area contributed by atoms with Crippen molar-refractivity contribution in [3.63, 3.8) is 0 Å². The van der Waals surface area contributed by atoms with Gasteiger partial charge in [0, 0.05) is 36.8 Å². The van der Waals surface area contributed by atoms with Crippen molar-refractivity contribution in [2.24, 2.45) is 0 Å². The summed E-state index contributed by atoms with van der Waals surface area (Å²) in [6.45, 7) is 6.02. The van der Waals surface area contributed by atoms with Crippen LogP contribution in [0.4, 0.5) is 0 Å². The number of rotatable bonds is 6. The fraction of sp³-hybridized carbons (Fsp3) is 0.571. The second kappa shape index (κ2) is 7.70. The minimum absolute atomic E-state index is 0.693. The molecule has 1 N–H and O–H groups in total. The van der Waals surface area contributed by atoms with Gasteiger partial charge in [0.1, 0.15) is 12.4 Å². The quantitative estimate of drug-likeness (QED) is 0.863. The first-order valence-corrected chi connectivity index (χ1v) is 7.03. The number of halogens is 1. The van der Waals surface area contributed by atoms with Gasteiger partial charge in [-0.1, -0.05) is 11.6 Å². The Bertz CT molecular complexity index is 395. The van der Waals surface area contributed by atoms with Crippen molar-refractivity contribution in [1.82, 2.24) is 10.2 Å². The summed E-state index contributed by atoms with van der Waals surface area (Å²) < 4.78 is 11.2. The number of benzene rings is 1. The van der Waals surface area contributed by atoms with Gasteiger partial charge in [-0.05, 0) is 25.2 Å². The smallest absolute Gasteiger partial charge is 0.123 e. The lowest BCUT2D eigenvalue weighted by Crippen LogP contribution is -2.38. The summed E-state index contributed by atoms with van der Waals surface area (Å²) in [6.07, 6.45) is 0. The molecule has 0 atom stereocenters. The van der Waals surface area contributed by atoms with Crippen molar-refractivity contribution < 1.29 is 9.47 Å². The van der Waals surface area contributed by atoms with E-state index in [9.17, 15) is 0 Å². The molecule has 0 amide bonds. The first kappa shape index (κ1) is 14.6. The molecule has 106 valence electrons. The molecule has 1 heterocycles. The highest BCUT2D eigenvalue weighted by Gasteiger charge is 2.10. The van der Waals surface area contributed by atoms with E-state index in [2.05, 4.69) is 10.2 Å². The molecular formula is C14H21ClN2O2. The largest absolute Gasteiger partial charge is 0.492 e. The van der Waals surface area contributed by atoms with Crippen LogP contribution in [-0.2, 0) is 11.3 Å². The molecule has 0 saturated carbocycles.